The number of fused-ring (bicyclic) bond motifs is 5. The first kappa shape index (κ1) is 14.7. The first-order valence-electron chi connectivity index (χ1n) is 9.24. The van der Waals surface area contributed by atoms with Gasteiger partial charge < -0.3 is 0 Å². The van der Waals surface area contributed by atoms with Gasteiger partial charge >= 0.3 is 0 Å². The molecule has 0 aromatic carbocycles. The van der Waals surface area contributed by atoms with Crippen molar-refractivity contribution in [2.75, 3.05) is 0 Å². The van der Waals surface area contributed by atoms with E-state index in [2.05, 4.69) is 6.92 Å². The lowest BCUT2D eigenvalue weighted by Gasteiger charge is -2.53. The summed E-state index contributed by atoms with van der Waals surface area (Å²) in [7, 11) is 0. The molecule has 0 aliphatic heterocycles. The SMILES string of the molecule is CC(=O)[C@@H]1CCC2C3CCC4=CC(=O)CC[C@H]4C3CC[C@]21C. The molecule has 3 unspecified atom stereocenters. The average molecular weight is 300 g/mol. The van der Waals surface area contributed by atoms with Crippen molar-refractivity contribution in [2.45, 2.75) is 65.2 Å². The summed E-state index contributed by atoms with van der Waals surface area (Å²) < 4.78 is 0. The minimum atomic E-state index is 0.263. The van der Waals surface area contributed by atoms with Gasteiger partial charge in [-0.2, -0.15) is 0 Å². The highest BCUT2D eigenvalue weighted by molar-refractivity contribution is 5.91. The van der Waals surface area contributed by atoms with Gasteiger partial charge in [-0.3, -0.25) is 9.59 Å². The third-order valence-electron chi connectivity index (χ3n) is 7.79. The molecule has 3 saturated carbocycles. The predicted molar refractivity (Wildman–Crippen MR) is 86.3 cm³/mol. The molecule has 0 N–H and O–H groups in total. The van der Waals surface area contributed by atoms with E-state index in [1.165, 1.54) is 31.3 Å². The zero-order chi connectivity index (χ0) is 15.5. The Kier molecular flexibility index (Phi) is 3.36. The van der Waals surface area contributed by atoms with Crippen molar-refractivity contribution >= 4 is 11.6 Å². The molecule has 6 atom stereocenters. The Balaban J connectivity index is 1.62. The Hall–Kier alpha value is -0.920. The van der Waals surface area contributed by atoms with Crippen LogP contribution in [0.5, 0.6) is 0 Å². The van der Waals surface area contributed by atoms with E-state index in [9.17, 15) is 9.59 Å². The molecule has 3 fully saturated rings. The topological polar surface area (TPSA) is 34.1 Å². The molecule has 0 bridgehead atoms. The lowest BCUT2D eigenvalue weighted by molar-refractivity contribution is -0.127. The quantitative estimate of drug-likeness (QED) is 0.722. The number of hydrogen-bond donors (Lipinski definition) is 0. The summed E-state index contributed by atoms with van der Waals surface area (Å²) in [6.07, 6.45) is 11.1. The molecule has 2 heteroatoms. The first-order valence-corrected chi connectivity index (χ1v) is 9.24. The second-order valence-electron chi connectivity index (χ2n) is 8.59. The van der Waals surface area contributed by atoms with Crippen molar-refractivity contribution in [1.82, 2.24) is 0 Å². The fraction of sp³-hybridized carbons (Fsp3) is 0.800. The van der Waals surface area contributed by atoms with Gasteiger partial charge in [0.1, 0.15) is 5.78 Å². The van der Waals surface area contributed by atoms with Crippen LogP contribution in [-0.2, 0) is 9.59 Å². The second kappa shape index (κ2) is 5.04. The lowest BCUT2D eigenvalue weighted by Crippen LogP contribution is -2.47. The molecule has 120 valence electrons. The minimum absolute atomic E-state index is 0.263. The standard InChI is InChI=1S/C20H28O2/c1-12(21)18-7-8-19-17-5-3-13-11-14(22)4-6-15(13)16(17)9-10-20(18,19)2/h11,15-19H,3-10H2,1-2H3/t15-,16?,17?,18+,19?,20+/m1/s1. The molecular weight excluding hydrogens is 272 g/mol. The van der Waals surface area contributed by atoms with Crippen LogP contribution >= 0.6 is 0 Å². The van der Waals surface area contributed by atoms with E-state index in [1.54, 1.807) is 6.92 Å². The van der Waals surface area contributed by atoms with Crippen LogP contribution in [0.25, 0.3) is 0 Å². The zero-order valence-electron chi connectivity index (χ0n) is 13.9. The van der Waals surface area contributed by atoms with Crippen molar-refractivity contribution in [3.63, 3.8) is 0 Å². The van der Waals surface area contributed by atoms with Crippen LogP contribution in [0.4, 0.5) is 0 Å². The van der Waals surface area contributed by atoms with E-state index in [1.807, 2.05) is 6.08 Å². The number of ketones is 2. The lowest BCUT2D eigenvalue weighted by atomic mass is 9.51. The van der Waals surface area contributed by atoms with Crippen molar-refractivity contribution in [2.24, 2.45) is 35.0 Å². The molecule has 0 heterocycles. The Labute approximate surface area is 133 Å². The maximum atomic E-state index is 12.1. The van der Waals surface area contributed by atoms with E-state index in [-0.39, 0.29) is 5.41 Å². The van der Waals surface area contributed by atoms with Gasteiger partial charge in [-0.15, -0.1) is 0 Å². The third kappa shape index (κ3) is 1.98. The number of carbonyl (C=O) groups excluding carboxylic acids is 2. The molecule has 22 heavy (non-hydrogen) atoms. The van der Waals surface area contributed by atoms with E-state index >= 15 is 0 Å². The van der Waals surface area contributed by atoms with Gasteiger partial charge in [0.2, 0.25) is 0 Å². The molecule has 0 spiro atoms. The minimum Gasteiger partial charge on any atom is -0.300 e. The highest BCUT2D eigenvalue weighted by Gasteiger charge is 2.57. The van der Waals surface area contributed by atoms with Crippen molar-refractivity contribution < 1.29 is 9.59 Å². The monoisotopic (exact) mass is 300 g/mol. The third-order valence-corrected chi connectivity index (χ3v) is 7.79. The Morgan fingerprint density at radius 1 is 1.09 bits per heavy atom. The van der Waals surface area contributed by atoms with E-state index in [0.29, 0.717) is 23.4 Å². The predicted octanol–water partition coefficient (Wildman–Crippen LogP) is 4.33. The smallest absolute Gasteiger partial charge is 0.155 e. The molecule has 4 aliphatic carbocycles. The van der Waals surface area contributed by atoms with Crippen molar-refractivity contribution in [3.8, 4) is 0 Å². The Morgan fingerprint density at radius 2 is 1.91 bits per heavy atom. The maximum Gasteiger partial charge on any atom is 0.155 e. The van der Waals surface area contributed by atoms with Crippen molar-refractivity contribution in [1.29, 1.82) is 0 Å². The van der Waals surface area contributed by atoms with Crippen LogP contribution in [0.1, 0.15) is 65.2 Å². The highest BCUT2D eigenvalue weighted by atomic mass is 16.1. The van der Waals surface area contributed by atoms with Crippen LogP contribution in [0, 0.1) is 35.0 Å². The molecule has 0 radical (unpaired) electrons. The molecule has 0 amide bonds. The molecule has 2 nitrogen and oxygen atoms in total. The number of Topliss-reactive ketones (excluding diaryl/α,β-unsaturated/α-hetero) is 1. The largest absolute Gasteiger partial charge is 0.300 e. The average Bonchev–Trinajstić information content (AvgIpc) is 2.84. The summed E-state index contributed by atoms with van der Waals surface area (Å²) in [5.41, 5.74) is 1.72. The van der Waals surface area contributed by atoms with Crippen LogP contribution in [0.2, 0.25) is 0 Å². The van der Waals surface area contributed by atoms with Gasteiger partial charge in [-0.25, -0.2) is 0 Å². The van der Waals surface area contributed by atoms with Gasteiger partial charge in [-0.05, 0) is 87.0 Å². The number of hydrogen-bond acceptors (Lipinski definition) is 2. The molecular formula is C20H28O2. The Morgan fingerprint density at radius 3 is 2.68 bits per heavy atom. The number of carbonyl (C=O) groups is 2. The second-order valence-corrected chi connectivity index (χ2v) is 8.59. The van der Waals surface area contributed by atoms with E-state index < -0.39 is 0 Å². The molecule has 4 rings (SSSR count). The normalized spacial score (nSPS) is 47.3. The summed E-state index contributed by atoms with van der Waals surface area (Å²) in [5, 5.41) is 0. The Bertz CT molecular complexity index is 546. The summed E-state index contributed by atoms with van der Waals surface area (Å²) in [5.74, 6) is 4.10. The number of rotatable bonds is 1. The summed E-state index contributed by atoms with van der Waals surface area (Å²) in [6, 6.07) is 0. The zero-order valence-corrected chi connectivity index (χ0v) is 13.9. The van der Waals surface area contributed by atoms with Gasteiger partial charge in [0.05, 0.1) is 0 Å². The van der Waals surface area contributed by atoms with Crippen LogP contribution in [-0.4, -0.2) is 11.6 Å². The fourth-order valence-corrected chi connectivity index (χ4v) is 6.85. The fourth-order valence-electron chi connectivity index (χ4n) is 6.85. The van der Waals surface area contributed by atoms with Gasteiger partial charge in [0.15, 0.2) is 5.78 Å². The molecule has 4 aliphatic rings. The van der Waals surface area contributed by atoms with Gasteiger partial charge in [0.25, 0.3) is 0 Å². The molecule has 0 aromatic heterocycles. The van der Waals surface area contributed by atoms with Gasteiger partial charge in [-0.1, -0.05) is 12.5 Å². The summed E-state index contributed by atoms with van der Waals surface area (Å²) >= 11 is 0. The molecule has 0 aromatic rings. The highest BCUT2D eigenvalue weighted by Crippen LogP contribution is 2.63. The van der Waals surface area contributed by atoms with E-state index in [0.717, 1.165) is 43.4 Å². The van der Waals surface area contributed by atoms with Crippen LogP contribution in [0.3, 0.4) is 0 Å². The van der Waals surface area contributed by atoms with Crippen LogP contribution < -0.4 is 0 Å². The van der Waals surface area contributed by atoms with Gasteiger partial charge in [0, 0.05) is 12.3 Å². The molecule has 0 saturated heterocycles. The number of allylic oxidation sites excluding steroid dienone is 1. The first-order chi connectivity index (χ1) is 10.5. The summed E-state index contributed by atoms with van der Waals surface area (Å²) in [4.78, 5) is 23.8. The summed E-state index contributed by atoms with van der Waals surface area (Å²) in [6.45, 7) is 4.21. The van der Waals surface area contributed by atoms with Crippen LogP contribution in [0.15, 0.2) is 11.6 Å². The maximum absolute atomic E-state index is 12.1. The van der Waals surface area contributed by atoms with Crippen molar-refractivity contribution in [3.05, 3.63) is 11.6 Å². The van der Waals surface area contributed by atoms with E-state index in [4.69, 9.17) is 0 Å².